The van der Waals surface area contributed by atoms with Crippen LogP contribution in [0, 0.1) is 6.92 Å². The van der Waals surface area contributed by atoms with Crippen molar-refractivity contribution in [3.8, 4) is 16.9 Å². The smallest absolute Gasteiger partial charge is 0.274 e. The molecule has 0 saturated carbocycles. The summed E-state index contributed by atoms with van der Waals surface area (Å²) in [6.07, 6.45) is 0. The number of hydrogen-bond acceptors (Lipinski definition) is 2. The van der Waals surface area contributed by atoms with Crippen LogP contribution in [-0.4, -0.2) is 16.4 Å². The molecular formula is C22H20N2O2. The average molecular weight is 344 g/mol. The van der Waals surface area contributed by atoms with E-state index in [-0.39, 0.29) is 5.56 Å². The van der Waals surface area contributed by atoms with Crippen LogP contribution in [0.3, 0.4) is 0 Å². The lowest BCUT2D eigenvalue weighted by Crippen LogP contribution is -2.21. The number of nitrogens with zero attached hydrogens (tertiary/aromatic N) is 1. The second-order valence-corrected chi connectivity index (χ2v) is 6.29. The van der Waals surface area contributed by atoms with E-state index in [0.717, 1.165) is 28.0 Å². The Hall–Kier alpha value is -3.27. The van der Waals surface area contributed by atoms with E-state index < -0.39 is 0 Å². The molecule has 0 amide bonds. The minimum absolute atomic E-state index is 0.0178. The van der Waals surface area contributed by atoms with Gasteiger partial charge in [0.15, 0.2) is 0 Å². The van der Waals surface area contributed by atoms with Crippen LogP contribution in [0.2, 0.25) is 0 Å². The lowest BCUT2D eigenvalue weighted by Gasteiger charge is -2.07. The van der Waals surface area contributed by atoms with Crippen LogP contribution in [0.5, 0.6) is 5.75 Å². The molecule has 4 nitrogen and oxygen atoms in total. The third kappa shape index (κ3) is 3.14. The summed E-state index contributed by atoms with van der Waals surface area (Å²) < 4.78 is 7.46. The minimum Gasteiger partial charge on any atom is -0.492 e. The van der Waals surface area contributed by atoms with Gasteiger partial charge in [-0.25, -0.2) is 4.68 Å². The van der Waals surface area contributed by atoms with Crippen LogP contribution < -0.4 is 10.3 Å². The molecule has 0 bridgehead atoms. The zero-order valence-corrected chi connectivity index (χ0v) is 14.6. The molecule has 4 aromatic rings. The molecule has 0 unspecified atom stereocenters. The van der Waals surface area contributed by atoms with Gasteiger partial charge in [0, 0.05) is 5.69 Å². The van der Waals surface area contributed by atoms with Gasteiger partial charge >= 0.3 is 0 Å². The van der Waals surface area contributed by atoms with Crippen molar-refractivity contribution in [2.75, 3.05) is 6.61 Å². The number of H-pyrrole nitrogens is 1. The van der Waals surface area contributed by atoms with Crippen LogP contribution in [-0.2, 0) is 6.54 Å². The number of ether oxygens (including phenoxy) is 1. The van der Waals surface area contributed by atoms with Crippen molar-refractivity contribution >= 4 is 10.8 Å². The van der Waals surface area contributed by atoms with Crippen molar-refractivity contribution in [1.29, 1.82) is 0 Å². The standard InChI is InChI=1S/C22H20N2O2/c1-16-21(18-8-3-2-4-9-18)22(25)24(23-16)13-14-26-20-12-11-17-7-5-6-10-19(17)15-20/h2-12,15,23H,13-14H2,1H3. The van der Waals surface area contributed by atoms with E-state index in [0.29, 0.717) is 13.2 Å². The molecule has 130 valence electrons. The van der Waals surface area contributed by atoms with E-state index in [2.05, 4.69) is 17.2 Å². The Morgan fingerprint density at radius 1 is 0.923 bits per heavy atom. The van der Waals surface area contributed by atoms with Gasteiger partial charge in [0.05, 0.1) is 12.1 Å². The molecule has 0 aliphatic carbocycles. The Kier molecular flexibility index (Phi) is 4.32. The summed E-state index contributed by atoms with van der Waals surface area (Å²) in [5, 5.41) is 5.48. The van der Waals surface area contributed by atoms with Gasteiger partial charge in [-0.1, -0.05) is 60.7 Å². The lowest BCUT2D eigenvalue weighted by atomic mass is 10.1. The Bertz CT molecular complexity index is 1090. The largest absolute Gasteiger partial charge is 0.492 e. The molecule has 3 aromatic carbocycles. The predicted molar refractivity (Wildman–Crippen MR) is 105 cm³/mol. The summed E-state index contributed by atoms with van der Waals surface area (Å²) in [4.78, 5) is 12.7. The molecule has 0 atom stereocenters. The van der Waals surface area contributed by atoms with Crippen molar-refractivity contribution in [3.05, 3.63) is 88.8 Å². The van der Waals surface area contributed by atoms with Crippen LogP contribution in [0.1, 0.15) is 5.69 Å². The molecule has 0 radical (unpaired) electrons. The second kappa shape index (κ2) is 6.92. The highest BCUT2D eigenvalue weighted by atomic mass is 16.5. The number of fused-ring (bicyclic) bond motifs is 1. The first-order chi connectivity index (χ1) is 12.7. The van der Waals surface area contributed by atoms with Gasteiger partial charge in [-0.05, 0) is 35.4 Å². The molecule has 0 aliphatic rings. The number of rotatable bonds is 5. The van der Waals surface area contributed by atoms with Crippen LogP contribution in [0.4, 0.5) is 0 Å². The fraction of sp³-hybridized carbons (Fsp3) is 0.136. The number of aromatic nitrogens is 2. The first-order valence-electron chi connectivity index (χ1n) is 8.69. The van der Waals surface area contributed by atoms with Gasteiger partial charge in [0.1, 0.15) is 12.4 Å². The summed E-state index contributed by atoms with van der Waals surface area (Å²) in [6.45, 7) is 2.82. The Morgan fingerprint density at radius 3 is 2.46 bits per heavy atom. The van der Waals surface area contributed by atoms with Gasteiger partial charge < -0.3 is 4.74 Å². The molecule has 0 spiro atoms. The van der Waals surface area contributed by atoms with Crippen molar-refractivity contribution in [3.63, 3.8) is 0 Å². The van der Waals surface area contributed by atoms with Crippen LogP contribution in [0.25, 0.3) is 21.9 Å². The Balaban J connectivity index is 1.49. The number of aromatic amines is 1. The fourth-order valence-corrected chi connectivity index (χ4v) is 3.22. The number of aryl methyl sites for hydroxylation is 1. The van der Waals surface area contributed by atoms with Crippen molar-refractivity contribution < 1.29 is 4.74 Å². The third-order valence-corrected chi connectivity index (χ3v) is 4.50. The van der Waals surface area contributed by atoms with Gasteiger partial charge in [-0.15, -0.1) is 0 Å². The predicted octanol–water partition coefficient (Wildman–Crippen LogP) is 4.38. The van der Waals surface area contributed by atoms with E-state index >= 15 is 0 Å². The van der Waals surface area contributed by atoms with E-state index in [1.54, 1.807) is 4.68 Å². The molecule has 4 heteroatoms. The quantitative estimate of drug-likeness (QED) is 0.584. The maximum Gasteiger partial charge on any atom is 0.274 e. The van der Waals surface area contributed by atoms with E-state index in [1.165, 1.54) is 5.39 Å². The molecular weight excluding hydrogens is 324 g/mol. The molecule has 1 N–H and O–H groups in total. The number of nitrogens with one attached hydrogen (secondary N) is 1. The van der Waals surface area contributed by atoms with Crippen LogP contribution >= 0.6 is 0 Å². The monoisotopic (exact) mass is 344 g/mol. The van der Waals surface area contributed by atoms with Crippen LogP contribution in [0.15, 0.2) is 77.6 Å². The maximum atomic E-state index is 12.7. The van der Waals surface area contributed by atoms with Gasteiger partial charge in [0.25, 0.3) is 5.56 Å². The topological polar surface area (TPSA) is 47.0 Å². The van der Waals surface area contributed by atoms with Crippen molar-refractivity contribution in [1.82, 2.24) is 9.78 Å². The third-order valence-electron chi connectivity index (χ3n) is 4.50. The molecule has 0 fully saturated rings. The van der Waals surface area contributed by atoms with Crippen molar-refractivity contribution in [2.45, 2.75) is 13.5 Å². The van der Waals surface area contributed by atoms with Crippen molar-refractivity contribution in [2.24, 2.45) is 0 Å². The molecule has 0 saturated heterocycles. The fourth-order valence-electron chi connectivity index (χ4n) is 3.22. The average Bonchev–Trinajstić information content (AvgIpc) is 2.96. The normalized spacial score (nSPS) is 11.0. The summed E-state index contributed by atoms with van der Waals surface area (Å²) in [7, 11) is 0. The molecule has 0 aliphatic heterocycles. The SMILES string of the molecule is Cc1[nH]n(CCOc2ccc3ccccc3c2)c(=O)c1-c1ccccc1. The highest BCUT2D eigenvalue weighted by Gasteiger charge is 2.12. The summed E-state index contributed by atoms with van der Waals surface area (Å²) in [5.41, 5.74) is 2.50. The first kappa shape index (κ1) is 16.2. The zero-order valence-electron chi connectivity index (χ0n) is 14.6. The molecule has 1 heterocycles. The number of benzene rings is 3. The summed E-state index contributed by atoms with van der Waals surface area (Å²) in [5.74, 6) is 0.809. The zero-order chi connectivity index (χ0) is 17.9. The van der Waals surface area contributed by atoms with Gasteiger partial charge in [-0.3, -0.25) is 9.89 Å². The Labute approximate surface area is 151 Å². The van der Waals surface area contributed by atoms with E-state index in [9.17, 15) is 4.79 Å². The van der Waals surface area contributed by atoms with Gasteiger partial charge in [0.2, 0.25) is 0 Å². The highest BCUT2D eigenvalue weighted by Crippen LogP contribution is 2.21. The lowest BCUT2D eigenvalue weighted by molar-refractivity contribution is 0.289. The first-order valence-corrected chi connectivity index (χ1v) is 8.69. The molecule has 4 rings (SSSR count). The summed E-state index contributed by atoms with van der Waals surface area (Å²) >= 11 is 0. The van der Waals surface area contributed by atoms with Gasteiger partial charge in [-0.2, -0.15) is 0 Å². The Morgan fingerprint density at radius 2 is 1.65 bits per heavy atom. The second-order valence-electron chi connectivity index (χ2n) is 6.29. The molecule has 26 heavy (non-hydrogen) atoms. The van der Waals surface area contributed by atoms with E-state index in [1.807, 2.05) is 67.6 Å². The summed E-state index contributed by atoms with van der Waals surface area (Å²) in [6, 6.07) is 23.9. The maximum absolute atomic E-state index is 12.7. The molecule has 1 aromatic heterocycles. The van der Waals surface area contributed by atoms with E-state index in [4.69, 9.17) is 4.74 Å². The number of hydrogen-bond donors (Lipinski definition) is 1. The highest BCUT2D eigenvalue weighted by molar-refractivity contribution is 5.83. The minimum atomic E-state index is -0.0178.